The van der Waals surface area contributed by atoms with Gasteiger partial charge in [-0.05, 0) is 45.6 Å². The molecule has 0 saturated heterocycles. The molecule has 1 aromatic heterocycles. The molecule has 2 N–H and O–H groups in total. The predicted molar refractivity (Wildman–Crippen MR) is 84.9 cm³/mol. The molecule has 1 heterocycles. The molecule has 1 aromatic carbocycles. The molecule has 5 heteroatoms. The lowest BCUT2D eigenvalue weighted by molar-refractivity contribution is 0.407. The van der Waals surface area contributed by atoms with Crippen LogP contribution in [0, 0.1) is 0 Å². The summed E-state index contributed by atoms with van der Waals surface area (Å²) in [6.45, 7) is 4.76. The topological polar surface area (TPSA) is 53.1 Å². The Morgan fingerprint density at radius 2 is 2.10 bits per heavy atom. The molecule has 0 amide bonds. The summed E-state index contributed by atoms with van der Waals surface area (Å²) in [5.74, 6) is 2.21. The molecule has 0 fully saturated rings. The summed E-state index contributed by atoms with van der Waals surface area (Å²) in [5, 5.41) is 0. The Morgan fingerprint density at radius 3 is 2.60 bits per heavy atom. The van der Waals surface area contributed by atoms with E-state index in [1.165, 1.54) is 5.56 Å². The summed E-state index contributed by atoms with van der Waals surface area (Å²) in [5.41, 5.74) is 8.99. The Balaban J connectivity index is 2.56. The van der Waals surface area contributed by atoms with Crippen molar-refractivity contribution >= 4 is 15.9 Å². The number of imidazole rings is 1. The first kappa shape index (κ1) is 15.1. The van der Waals surface area contributed by atoms with Crippen LogP contribution in [0.25, 0.3) is 11.4 Å². The lowest BCUT2D eigenvalue weighted by Crippen LogP contribution is -2.05. The zero-order valence-electron chi connectivity index (χ0n) is 12.3. The van der Waals surface area contributed by atoms with Gasteiger partial charge in [0, 0.05) is 19.2 Å². The van der Waals surface area contributed by atoms with Gasteiger partial charge in [0.05, 0.1) is 12.8 Å². The standard InChI is InChI=1S/C15H20BrN3O/c1-9(2)11-7-10(5-6-13(11)20-4)15-18-14(16)12(8-17)19(15)3/h5-7,9H,8,17H2,1-4H3. The summed E-state index contributed by atoms with van der Waals surface area (Å²) >= 11 is 3.46. The van der Waals surface area contributed by atoms with E-state index in [4.69, 9.17) is 10.5 Å². The van der Waals surface area contributed by atoms with Crippen LogP contribution in [0.5, 0.6) is 5.75 Å². The van der Waals surface area contributed by atoms with Gasteiger partial charge in [0.2, 0.25) is 0 Å². The molecule has 0 radical (unpaired) electrons. The van der Waals surface area contributed by atoms with E-state index < -0.39 is 0 Å². The van der Waals surface area contributed by atoms with E-state index in [2.05, 4.69) is 40.8 Å². The maximum Gasteiger partial charge on any atom is 0.141 e. The van der Waals surface area contributed by atoms with Crippen molar-refractivity contribution < 1.29 is 4.74 Å². The highest BCUT2D eigenvalue weighted by molar-refractivity contribution is 9.10. The largest absolute Gasteiger partial charge is 0.496 e. The lowest BCUT2D eigenvalue weighted by atomic mass is 9.99. The van der Waals surface area contributed by atoms with Crippen molar-refractivity contribution in [2.24, 2.45) is 12.8 Å². The lowest BCUT2D eigenvalue weighted by Gasteiger charge is -2.13. The number of methoxy groups -OCH3 is 1. The van der Waals surface area contributed by atoms with Crippen LogP contribution in [0.3, 0.4) is 0 Å². The second-order valence-electron chi connectivity index (χ2n) is 5.05. The van der Waals surface area contributed by atoms with Crippen molar-refractivity contribution in [3.8, 4) is 17.1 Å². The number of hydrogen-bond acceptors (Lipinski definition) is 3. The second-order valence-corrected chi connectivity index (χ2v) is 5.80. The van der Waals surface area contributed by atoms with E-state index >= 15 is 0 Å². The van der Waals surface area contributed by atoms with Crippen molar-refractivity contribution in [1.29, 1.82) is 0 Å². The third kappa shape index (κ3) is 2.60. The number of benzene rings is 1. The summed E-state index contributed by atoms with van der Waals surface area (Å²) in [7, 11) is 3.68. The zero-order chi connectivity index (χ0) is 14.9. The van der Waals surface area contributed by atoms with Crippen LogP contribution in [0.4, 0.5) is 0 Å². The monoisotopic (exact) mass is 337 g/mol. The highest BCUT2D eigenvalue weighted by Gasteiger charge is 2.15. The minimum atomic E-state index is 0.391. The molecule has 4 nitrogen and oxygen atoms in total. The molecule has 0 spiro atoms. The Hall–Kier alpha value is -1.33. The van der Waals surface area contributed by atoms with Crippen molar-refractivity contribution in [3.63, 3.8) is 0 Å². The van der Waals surface area contributed by atoms with E-state index in [0.29, 0.717) is 12.5 Å². The number of halogens is 1. The number of aromatic nitrogens is 2. The van der Waals surface area contributed by atoms with Gasteiger partial charge in [0.1, 0.15) is 16.2 Å². The fourth-order valence-electron chi connectivity index (χ4n) is 2.30. The molecular formula is C15H20BrN3O. The Bertz CT molecular complexity index is 620. The summed E-state index contributed by atoms with van der Waals surface area (Å²) in [6, 6.07) is 6.16. The fraction of sp³-hybridized carbons (Fsp3) is 0.400. The van der Waals surface area contributed by atoms with Crippen LogP contribution in [-0.2, 0) is 13.6 Å². The second kappa shape index (κ2) is 5.97. The zero-order valence-corrected chi connectivity index (χ0v) is 13.9. The van der Waals surface area contributed by atoms with Crippen molar-refractivity contribution in [2.45, 2.75) is 26.3 Å². The Kier molecular flexibility index (Phi) is 4.50. The normalized spacial score (nSPS) is 11.2. The first-order chi connectivity index (χ1) is 9.49. The minimum Gasteiger partial charge on any atom is -0.496 e. The third-order valence-electron chi connectivity index (χ3n) is 3.47. The smallest absolute Gasteiger partial charge is 0.141 e. The molecule has 0 unspecified atom stereocenters. The van der Waals surface area contributed by atoms with Gasteiger partial charge in [-0.3, -0.25) is 0 Å². The Labute approximate surface area is 128 Å². The highest BCUT2D eigenvalue weighted by Crippen LogP contribution is 2.32. The maximum absolute atomic E-state index is 5.76. The van der Waals surface area contributed by atoms with Gasteiger partial charge in [0.15, 0.2) is 0 Å². The predicted octanol–water partition coefficient (Wildman–Crippen LogP) is 3.44. The number of nitrogens with zero attached hydrogens (tertiary/aromatic N) is 2. The van der Waals surface area contributed by atoms with Gasteiger partial charge in [0.25, 0.3) is 0 Å². The van der Waals surface area contributed by atoms with Crippen molar-refractivity contribution in [1.82, 2.24) is 9.55 Å². The molecule has 0 aliphatic carbocycles. The summed E-state index contributed by atoms with van der Waals surface area (Å²) in [6.07, 6.45) is 0. The van der Waals surface area contributed by atoms with E-state index in [9.17, 15) is 0 Å². The van der Waals surface area contributed by atoms with Gasteiger partial charge in [-0.15, -0.1) is 0 Å². The molecule has 2 aromatic rings. The highest BCUT2D eigenvalue weighted by atomic mass is 79.9. The molecular weight excluding hydrogens is 318 g/mol. The fourth-order valence-corrected chi connectivity index (χ4v) is 2.90. The Morgan fingerprint density at radius 1 is 1.40 bits per heavy atom. The summed E-state index contributed by atoms with van der Waals surface area (Å²) in [4.78, 5) is 4.57. The van der Waals surface area contributed by atoms with Crippen LogP contribution in [0.15, 0.2) is 22.8 Å². The van der Waals surface area contributed by atoms with E-state index in [-0.39, 0.29) is 0 Å². The molecule has 0 aliphatic rings. The number of hydrogen-bond donors (Lipinski definition) is 1. The van der Waals surface area contributed by atoms with Crippen LogP contribution >= 0.6 is 15.9 Å². The van der Waals surface area contributed by atoms with E-state index in [0.717, 1.165) is 27.4 Å². The van der Waals surface area contributed by atoms with E-state index in [1.807, 2.05) is 23.7 Å². The SMILES string of the molecule is COc1ccc(-c2nc(Br)c(CN)n2C)cc1C(C)C. The van der Waals surface area contributed by atoms with Crippen LogP contribution in [-0.4, -0.2) is 16.7 Å². The number of ether oxygens (including phenoxy) is 1. The van der Waals surface area contributed by atoms with Gasteiger partial charge >= 0.3 is 0 Å². The molecule has 0 bridgehead atoms. The third-order valence-corrected chi connectivity index (χ3v) is 4.10. The molecule has 0 atom stereocenters. The molecule has 0 aliphatic heterocycles. The number of nitrogens with two attached hydrogens (primary N) is 1. The molecule has 108 valence electrons. The molecule has 20 heavy (non-hydrogen) atoms. The van der Waals surface area contributed by atoms with Gasteiger partial charge in [-0.25, -0.2) is 4.98 Å². The first-order valence-corrected chi connectivity index (χ1v) is 7.38. The van der Waals surface area contributed by atoms with Crippen molar-refractivity contribution in [2.75, 3.05) is 7.11 Å². The quantitative estimate of drug-likeness (QED) is 0.929. The van der Waals surface area contributed by atoms with Gasteiger partial charge in [-0.2, -0.15) is 0 Å². The van der Waals surface area contributed by atoms with Gasteiger partial charge < -0.3 is 15.0 Å². The van der Waals surface area contributed by atoms with Crippen LogP contribution < -0.4 is 10.5 Å². The minimum absolute atomic E-state index is 0.391. The average Bonchev–Trinajstić information content (AvgIpc) is 2.72. The van der Waals surface area contributed by atoms with Crippen LogP contribution in [0.2, 0.25) is 0 Å². The number of rotatable bonds is 4. The first-order valence-electron chi connectivity index (χ1n) is 6.59. The molecule has 0 saturated carbocycles. The van der Waals surface area contributed by atoms with E-state index in [1.54, 1.807) is 7.11 Å². The average molecular weight is 338 g/mol. The van der Waals surface area contributed by atoms with Gasteiger partial charge in [-0.1, -0.05) is 13.8 Å². The van der Waals surface area contributed by atoms with Crippen molar-refractivity contribution in [3.05, 3.63) is 34.1 Å². The summed E-state index contributed by atoms with van der Waals surface area (Å²) < 4.78 is 8.25. The molecule has 2 rings (SSSR count). The maximum atomic E-state index is 5.76. The van der Waals surface area contributed by atoms with Crippen LogP contribution in [0.1, 0.15) is 31.0 Å².